The van der Waals surface area contributed by atoms with Crippen LogP contribution in [-0.4, -0.2) is 34.8 Å². The molecule has 2 rings (SSSR count). The molecule has 0 aromatic heterocycles. The first-order chi connectivity index (χ1) is 9.98. The molecular formula is C14H24N4O3. The van der Waals surface area contributed by atoms with Crippen LogP contribution in [0.4, 0.5) is 4.79 Å². The first-order valence-electron chi connectivity index (χ1n) is 7.62. The van der Waals surface area contributed by atoms with E-state index in [1.54, 1.807) is 0 Å². The minimum atomic E-state index is -0.668. The molecule has 4 N–H and O–H groups in total. The molecule has 1 aliphatic carbocycles. The summed E-state index contributed by atoms with van der Waals surface area (Å²) in [5, 5.41) is 2.89. The molecule has 0 bridgehead atoms. The third-order valence-corrected chi connectivity index (χ3v) is 4.57. The topological polar surface area (TPSA) is 105 Å². The zero-order valence-corrected chi connectivity index (χ0v) is 12.5. The number of nitrogens with one attached hydrogen (secondary N) is 2. The molecule has 0 aromatic carbocycles. The normalized spacial score (nSPS) is 28.9. The summed E-state index contributed by atoms with van der Waals surface area (Å²) < 4.78 is 0. The van der Waals surface area contributed by atoms with Gasteiger partial charge in [-0.1, -0.05) is 6.92 Å². The summed E-state index contributed by atoms with van der Waals surface area (Å²) in [5.41, 5.74) is 1.39. The van der Waals surface area contributed by atoms with Crippen LogP contribution < -0.4 is 16.6 Å². The Kier molecular flexibility index (Phi) is 4.82. The summed E-state index contributed by atoms with van der Waals surface area (Å²) in [7, 11) is 0. The number of rotatable bonds is 5. The van der Waals surface area contributed by atoms with Gasteiger partial charge in [0.2, 0.25) is 5.91 Å². The smallest absolute Gasteiger partial charge is 0.323 e. The monoisotopic (exact) mass is 296 g/mol. The van der Waals surface area contributed by atoms with Gasteiger partial charge in [-0.05, 0) is 44.4 Å². The molecule has 1 saturated heterocycles. The van der Waals surface area contributed by atoms with Crippen molar-refractivity contribution in [3.05, 3.63) is 0 Å². The van der Waals surface area contributed by atoms with Crippen molar-refractivity contribution in [2.45, 2.75) is 57.4 Å². The first kappa shape index (κ1) is 15.8. The van der Waals surface area contributed by atoms with Crippen LogP contribution in [0.2, 0.25) is 0 Å². The Morgan fingerprint density at radius 1 is 1.38 bits per heavy atom. The average Bonchev–Trinajstić information content (AvgIpc) is 2.70. The number of imide groups is 1. The highest BCUT2D eigenvalue weighted by atomic mass is 16.2. The Labute approximate surface area is 124 Å². The second-order valence-electron chi connectivity index (χ2n) is 6.18. The first-order valence-corrected chi connectivity index (χ1v) is 7.62. The highest BCUT2D eigenvalue weighted by molar-refractivity contribution is 6.07. The van der Waals surface area contributed by atoms with Gasteiger partial charge in [-0.3, -0.25) is 19.9 Å². The average molecular weight is 296 g/mol. The van der Waals surface area contributed by atoms with Crippen LogP contribution in [0.1, 0.15) is 51.9 Å². The highest BCUT2D eigenvalue weighted by Crippen LogP contribution is 2.36. The van der Waals surface area contributed by atoms with Crippen LogP contribution >= 0.6 is 0 Å². The summed E-state index contributed by atoms with van der Waals surface area (Å²) in [4.78, 5) is 36.9. The Balaban J connectivity index is 1.86. The van der Waals surface area contributed by atoms with E-state index in [1.165, 1.54) is 4.90 Å². The number of nitrogens with two attached hydrogens (primary N) is 1. The van der Waals surface area contributed by atoms with Gasteiger partial charge in [0.15, 0.2) is 0 Å². The number of carbonyl (C=O) groups excluding carboxylic acids is 3. The Hall–Kier alpha value is -1.63. The molecule has 0 radical (unpaired) electrons. The molecule has 0 unspecified atom stereocenters. The van der Waals surface area contributed by atoms with Crippen LogP contribution in [-0.2, 0) is 9.59 Å². The number of urea groups is 1. The Bertz CT molecular complexity index is 430. The molecule has 0 atom stereocenters. The van der Waals surface area contributed by atoms with Gasteiger partial charge in [0.25, 0.3) is 5.91 Å². The summed E-state index contributed by atoms with van der Waals surface area (Å²) in [6, 6.07) is -0.294. The highest BCUT2D eigenvalue weighted by Gasteiger charge is 2.51. The number of amides is 4. The molecular weight excluding hydrogens is 272 g/mol. The maximum atomic E-state index is 12.5. The minimum Gasteiger partial charge on any atom is -0.323 e. The van der Waals surface area contributed by atoms with E-state index < -0.39 is 5.54 Å². The van der Waals surface area contributed by atoms with Crippen molar-refractivity contribution < 1.29 is 14.4 Å². The summed E-state index contributed by atoms with van der Waals surface area (Å²) in [6.45, 7) is 2.54. The molecule has 2 fully saturated rings. The molecule has 118 valence electrons. The van der Waals surface area contributed by atoms with E-state index in [0.717, 1.165) is 25.7 Å². The van der Waals surface area contributed by atoms with Gasteiger partial charge in [-0.25, -0.2) is 10.6 Å². The van der Waals surface area contributed by atoms with Gasteiger partial charge in [0, 0.05) is 13.0 Å². The fraction of sp³-hybridized carbons (Fsp3) is 0.786. The molecule has 1 aliphatic heterocycles. The standard InChI is InChI=1S/C14H24N4O3/c1-10-5-7-14(8-6-10)12(20)18(13(21)16-14)9-3-2-4-11(19)17-15/h10H,2-9,15H2,1H3,(H,16,21)(H,17,19). The molecule has 1 spiro atoms. The van der Waals surface area contributed by atoms with Crippen molar-refractivity contribution >= 4 is 17.8 Å². The van der Waals surface area contributed by atoms with Gasteiger partial charge in [0.1, 0.15) is 5.54 Å². The van der Waals surface area contributed by atoms with E-state index in [-0.39, 0.29) is 17.8 Å². The van der Waals surface area contributed by atoms with Crippen LogP contribution in [0.15, 0.2) is 0 Å². The van der Waals surface area contributed by atoms with Crippen molar-refractivity contribution in [1.29, 1.82) is 0 Å². The lowest BCUT2D eigenvalue weighted by Crippen LogP contribution is -2.49. The molecule has 0 aromatic rings. The van der Waals surface area contributed by atoms with E-state index in [9.17, 15) is 14.4 Å². The van der Waals surface area contributed by atoms with E-state index >= 15 is 0 Å². The molecule has 7 nitrogen and oxygen atoms in total. The number of nitrogens with zero attached hydrogens (tertiary/aromatic N) is 1. The quantitative estimate of drug-likeness (QED) is 0.228. The van der Waals surface area contributed by atoms with Crippen LogP contribution in [0.5, 0.6) is 0 Å². The van der Waals surface area contributed by atoms with E-state index in [0.29, 0.717) is 31.7 Å². The summed E-state index contributed by atoms with van der Waals surface area (Å²) in [6.07, 6.45) is 4.91. The van der Waals surface area contributed by atoms with Crippen molar-refractivity contribution in [2.75, 3.05) is 6.54 Å². The van der Waals surface area contributed by atoms with Gasteiger partial charge in [-0.15, -0.1) is 0 Å². The predicted octanol–water partition coefficient (Wildman–Crippen LogP) is 0.647. The van der Waals surface area contributed by atoms with Crippen molar-refractivity contribution in [1.82, 2.24) is 15.6 Å². The lowest BCUT2D eigenvalue weighted by molar-refractivity contribution is -0.132. The zero-order valence-electron chi connectivity index (χ0n) is 12.5. The maximum Gasteiger partial charge on any atom is 0.325 e. The SMILES string of the molecule is CC1CCC2(CC1)NC(=O)N(CCCCC(=O)NN)C2=O. The molecule has 1 saturated carbocycles. The fourth-order valence-corrected chi connectivity index (χ4v) is 3.10. The number of hydrogen-bond donors (Lipinski definition) is 3. The van der Waals surface area contributed by atoms with Gasteiger partial charge in [0.05, 0.1) is 0 Å². The van der Waals surface area contributed by atoms with E-state index in [4.69, 9.17) is 5.84 Å². The Morgan fingerprint density at radius 3 is 2.67 bits per heavy atom. The molecule has 2 aliphatic rings. The van der Waals surface area contributed by atoms with Crippen LogP contribution in [0, 0.1) is 5.92 Å². The summed E-state index contributed by atoms with van der Waals surface area (Å²) >= 11 is 0. The zero-order chi connectivity index (χ0) is 15.5. The Morgan fingerprint density at radius 2 is 2.05 bits per heavy atom. The van der Waals surface area contributed by atoms with Crippen molar-refractivity contribution in [3.63, 3.8) is 0 Å². The third kappa shape index (κ3) is 3.34. The van der Waals surface area contributed by atoms with Gasteiger partial charge < -0.3 is 5.32 Å². The number of carbonyl (C=O) groups is 3. The van der Waals surface area contributed by atoms with Gasteiger partial charge >= 0.3 is 6.03 Å². The van der Waals surface area contributed by atoms with Crippen molar-refractivity contribution in [2.24, 2.45) is 11.8 Å². The van der Waals surface area contributed by atoms with Crippen LogP contribution in [0.25, 0.3) is 0 Å². The second-order valence-corrected chi connectivity index (χ2v) is 6.18. The molecule has 4 amide bonds. The third-order valence-electron chi connectivity index (χ3n) is 4.57. The summed E-state index contributed by atoms with van der Waals surface area (Å²) in [5.74, 6) is 5.29. The molecule has 7 heteroatoms. The lowest BCUT2D eigenvalue weighted by Gasteiger charge is -2.33. The van der Waals surface area contributed by atoms with E-state index in [1.807, 2.05) is 0 Å². The lowest BCUT2D eigenvalue weighted by atomic mass is 9.77. The molecule has 21 heavy (non-hydrogen) atoms. The number of unbranched alkanes of at least 4 members (excludes halogenated alkanes) is 1. The largest absolute Gasteiger partial charge is 0.325 e. The van der Waals surface area contributed by atoms with Gasteiger partial charge in [-0.2, -0.15) is 0 Å². The maximum absolute atomic E-state index is 12.5. The van der Waals surface area contributed by atoms with Crippen LogP contribution in [0.3, 0.4) is 0 Å². The minimum absolute atomic E-state index is 0.0947. The fourth-order valence-electron chi connectivity index (χ4n) is 3.10. The van der Waals surface area contributed by atoms with E-state index in [2.05, 4.69) is 17.7 Å². The second kappa shape index (κ2) is 6.43. The predicted molar refractivity (Wildman–Crippen MR) is 76.8 cm³/mol. The molecule has 1 heterocycles. The number of hydrogen-bond acceptors (Lipinski definition) is 4. The van der Waals surface area contributed by atoms with Crippen molar-refractivity contribution in [3.8, 4) is 0 Å². The number of hydrazine groups is 1.